The molecule has 11 heteroatoms. The number of likely N-dealkylation sites (tertiary alicyclic amines) is 2. The number of rotatable bonds is 6. The number of carbonyl (C=O) groups is 1. The van der Waals surface area contributed by atoms with Gasteiger partial charge in [0.2, 0.25) is 5.91 Å². The minimum Gasteiger partial charge on any atom is -0.434 e. The van der Waals surface area contributed by atoms with E-state index in [9.17, 15) is 13.6 Å². The van der Waals surface area contributed by atoms with Crippen LogP contribution in [0.2, 0.25) is 5.02 Å². The Morgan fingerprint density at radius 2 is 1.97 bits per heavy atom. The topological polar surface area (TPSA) is 76.6 Å². The monoisotopic (exact) mass is 475 g/mol. The van der Waals surface area contributed by atoms with Crippen molar-refractivity contribution in [1.29, 1.82) is 0 Å². The van der Waals surface area contributed by atoms with Gasteiger partial charge < -0.3 is 20.3 Å². The molecule has 0 radical (unpaired) electrons. The molecule has 2 N–H and O–H groups in total. The summed E-state index contributed by atoms with van der Waals surface area (Å²) in [6, 6.07) is 4.25. The van der Waals surface area contributed by atoms with Gasteiger partial charge in [0, 0.05) is 43.0 Å². The van der Waals surface area contributed by atoms with Gasteiger partial charge in [-0.1, -0.05) is 18.5 Å². The highest BCUT2D eigenvalue weighted by molar-refractivity contribution is 6.31. The second-order valence-corrected chi connectivity index (χ2v) is 8.26. The Labute approximate surface area is 190 Å². The summed E-state index contributed by atoms with van der Waals surface area (Å²) in [6.07, 6.45) is 1.52. The van der Waals surface area contributed by atoms with Gasteiger partial charge in [-0.25, -0.2) is 0 Å². The van der Waals surface area contributed by atoms with E-state index in [0.29, 0.717) is 16.9 Å². The van der Waals surface area contributed by atoms with Crippen molar-refractivity contribution in [2.75, 3.05) is 38.5 Å². The van der Waals surface area contributed by atoms with Crippen molar-refractivity contribution in [3.8, 4) is 17.0 Å². The number of ether oxygens (including phenoxy) is 1. The molecule has 0 bridgehead atoms. The van der Waals surface area contributed by atoms with Crippen LogP contribution in [0.5, 0.6) is 5.75 Å². The zero-order valence-corrected chi connectivity index (χ0v) is 18.6. The smallest absolute Gasteiger partial charge is 0.387 e. The maximum Gasteiger partial charge on any atom is 0.387 e. The Morgan fingerprint density at radius 3 is 2.58 bits per heavy atom. The summed E-state index contributed by atoms with van der Waals surface area (Å²) in [4.78, 5) is 17.1. The normalized spacial score (nSPS) is 20.7. The third-order valence-electron chi connectivity index (χ3n) is 5.86. The highest BCUT2D eigenvalue weighted by Crippen LogP contribution is 2.36. The fraction of sp³-hybridized carbons (Fsp3) is 0.500. The average Bonchev–Trinajstić information content (AvgIpc) is 3.35. The third-order valence-corrected chi connectivity index (χ3v) is 6.10. The van der Waals surface area contributed by atoms with Gasteiger partial charge in [0.1, 0.15) is 18.0 Å². The van der Waals surface area contributed by atoms with Crippen molar-refractivity contribution >= 4 is 35.6 Å². The van der Waals surface area contributed by atoms with Gasteiger partial charge in [0.25, 0.3) is 0 Å². The standard InChI is InChI=1S/C20H24ClF2N5O2.ClH/c1-2-26-6-12-8-27(9-13(12)7-26)18(29)11-28-10-16(24)19(25-28)15-5-14(21)3-4-17(15)30-20(22)23;/h3-5,10,12-13,20H,2,6-9,11,24H2,1H3;1H. The summed E-state index contributed by atoms with van der Waals surface area (Å²) in [6.45, 7) is 3.81. The van der Waals surface area contributed by atoms with E-state index < -0.39 is 6.61 Å². The van der Waals surface area contributed by atoms with Crippen LogP contribution in [0.25, 0.3) is 11.3 Å². The molecule has 1 aromatic heterocycles. The second kappa shape index (κ2) is 9.58. The summed E-state index contributed by atoms with van der Waals surface area (Å²) < 4.78 is 31.5. The Kier molecular flexibility index (Phi) is 7.28. The molecular weight excluding hydrogens is 451 g/mol. The molecule has 2 aromatic rings. The van der Waals surface area contributed by atoms with Crippen molar-refractivity contribution in [3.05, 3.63) is 29.4 Å². The number of benzene rings is 1. The van der Waals surface area contributed by atoms with Gasteiger partial charge in [-0.05, 0) is 36.6 Å². The minimum atomic E-state index is -2.99. The number of nitrogen functional groups attached to an aromatic ring is 1. The highest BCUT2D eigenvalue weighted by Gasteiger charge is 2.40. The predicted octanol–water partition coefficient (Wildman–Crippen LogP) is 3.22. The molecule has 0 aliphatic carbocycles. The Balaban J connectivity index is 0.00000272. The fourth-order valence-electron chi connectivity index (χ4n) is 4.40. The molecule has 2 aliphatic heterocycles. The van der Waals surface area contributed by atoms with Crippen molar-refractivity contribution in [2.24, 2.45) is 11.8 Å². The van der Waals surface area contributed by atoms with Gasteiger partial charge in [0.15, 0.2) is 0 Å². The fourth-order valence-corrected chi connectivity index (χ4v) is 4.58. The first-order valence-electron chi connectivity index (χ1n) is 9.91. The van der Waals surface area contributed by atoms with E-state index in [1.807, 2.05) is 4.90 Å². The van der Waals surface area contributed by atoms with Crippen LogP contribution >= 0.6 is 24.0 Å². The lowest BCUT2D eigenvalue weighted by Gasteiger charge is -2.20. The molecule has 1 amide bonds. The molecule has 2 unspecified atom stereocenters. The van der Waals surface area contributed by atoms with Crippen LogP contribution in [0, 0.1) is 11.8 Å². The maximum atomic E-state index is 12.8. The quantitative estimate of drug-likeness (QED) is 0.693. The van der Waals surface area contributed by atoms with E-state index in [4.69, 9.17) is 17.3 Å². The van der Waals surface area contributed by atoms with Crippen LogP contribution in [0.15, 0.2) is 24.4 Å². The van der Waals surface area contributed by atoms with Crippen LogP contribution in [0.4, 0.5) is 14.5 Å². The molecule has 0 saturated carbocycles. The number of halogens is 4. The first-order chi connectivity index (χ1) is 14.3. The molecule has 7 nitrogen and oxygen atoms in total. The first-order valence-corrected chi connectivity index (χ1v) is 10.3. The molecular formula is C20H25Cl2F2N5O2. The highest BCUT2D eigenvalue weighted by atomic mass is 35.5. The number of nitrogens with zero attached hydrogens (tertiary/aromatic N) is 4. The summed E-state index contributed by atoms with van der Waals surface area (Å²) in [7, 11) is 0. The summed E-state index contributed by atoms with van der Waals surface area (Å²) >= 11 is 6.02. The van der Waals surface area contributed by atoms with E-state index in [1.165, 1.54) is 29.1 Å². The molecule has 0 spiro atoms. The van der Waals surface area contributed by atoms with E-state index in [1.54, 1.807) is 0 Å². The van der Waals surface area contributed by atoms with Crippen molar-refractivity contribution in [3.63, 3.8) is 0 Å². The van der Waals surface area contributed by atoms with E-state index >= 15 is 0 Å². The number of amides is 1. The number of nitrogens with two attached hydrogens (primary N) is 1. The van der Waals surface area contributed by atoms with Crippen molar-refractivity contribution < 1.29 is 18.3 Å². The van der Waals surface area contributed by atoms with Crippen molar-refractivity contribution in [1.82, 2.24) is 19.6 Å². The number of anilines is 1. The molecule has 2 saturated heterocycles. The van der Waals surface area contributed by atoms with Gasteiger partial charge in [-0.15, -0.1) is 12.4 Å². The number of hydrogen-bond donors (Lipinski definition) is 1. The number of hydrogen-bond acceptors (Lipinski definition) is 5. The molecule has 2 aliphatic rings. The lowest BCUT2D eigenvalue weighted by Crippen LogP contribution is -2.35. The minimum absolute atomic E-state index is 0. The van der Waals surface area contributed by atoms with Crippen LogP contribution in [0.1, 0.15) is 6.92 Å². The molecule has 2 fully saturated rings. The molecule has 170 valence electrons. The Bertz CT molecular complexity index is 928. The molecule has 4 rings (SSSR count). The summed E-state index contributed by atoms with van der Waals surface area (Å²) in [5.41, 5.74) is 6.81. The molecule has 31 heavy (non-hydrogen) atoms. The molecule has 3 heterocycles. The van der Waals surface area contributed by atoms with Crippen molar-refractivity contribution in [2.45, 2.75) is 20.1 Å². The lowest BCUT2D eigenvalue weighted by atomic mass is 10.0. The zero-order chi connectivity index (χ0) is 21.4. The second-order valence-electron chi connectivity index (χ2n) is 7.82. The summed E-state index contributed by atoms with van der Waals surface area (Å²) in [5.74, 6) is 0.933. The Hall–Kier alpha value is -2.10. The average molecular weight is 476 g/mol. The number of carbonyl (C=O) groups excluding carboxylic acids is 1. The lowest BCUT2D eigenvalue weighted by molar-refractivity contribution is -0.131. The van der Waals surface area contributed by atoms with Crippen LogP contribution in [0.3, 0.4) is 0 Å². The van der Waals surface area contributed by atoms with Gasteiger partial charge in [-0.3, -0.25) is 9.48 Å². The third kappa shape index (κ3) is 5.05. The zero-order valence-electron chi connectivity index (χ0n) is 17.0. The molecule has 2 atom stereocenters. The predicted molar refractivity (Wildman–Crippen MR) is 117 cm³/mol. The van der Waals surface area contributed by atoms with E-state index in [0.717, 1.165) is 32.7 Å². The van der Waals surface area contributed by atoms with E-state index in [-0.39, 0.29) is 47.6 Å². The largest absolute Gasteiger partial charge is 0.434 e. The number of fused-ring (bicyclic) bond motifs is 1. The van der Waals surface area contributed by atoms with Crippen LogP contribution < -0.4 is 10.5 Å². The van der Waals surface area contributed by atoms with Gasteiger partial charge in [-0.2, -0.15) is 13.9 Å². The summed E-state index contributed by atoms with van der Waals surface area (Å²) in [5, 5.41) is 4.68. The maximum absolute atomic E-state index is 12.8. The Morgan fingerprint density at radius 1 is 1.29 bits per heavy atom. The van der Waals surface area contributed by atoms with Gasteiger partial charge >= 0.3 is 6.61 Å². The SMILES string of the molecule is CCN1CC2CN(C(=O)Cn3cc(N)c(-c4cc(Cl)ccc4OC(F)F)n3)CC2C1.Cl. The van der Waals surface area contributed by atoms with Gasteiger partial charge in [0.05, 0.1) is 5.69 Å². The van der Waals surface area contributed by atoms with Crippen LogP contribution in [-0.2, 0) is 11.3 Å². The number of aromatic nitrogens is 2. The van der Waals surface area contributed by atoms with Crippen LogP contribution in [-0.4, -0.2) is 64.8 Å². The van der Waals surface area contributed by atoms with E-state index in [2.05, 4.69) is 21.7 Å². The number of alkyl halides is 2. The molecule has 1 aromatic carbocycles. The first kappa shape index (κ1) is 23.6.